The fraction of sp³-hybridized carbons (Fsp3) is 0.471. The largest absolute Gasteiger partial charge is 0.381 e. The maximum Gasteiger partial charge on any atom is 0.203 e. The third kappa shape index (κ3) is 4.09. The molecule has 0 bridgehead atoms. The highest BCUT2D eigenvalue weighted by Crippen LogP contribution is 2.15. The van der Waals surface area contributed by atoms with Gasteiger partial charge in [0.2, 0.25) is 4.77 Å². The van der Waals surface area contributed by atoms with Gasteiger partial charge in [0, 0.05) is 31.8 Å². The van der Waals surface area contributed by atoms with E-state index in [-0.39, 0.29) is 0 Å². The summed E-state index contributed by atoms with van der Waals surface area (Å²) < 4.78 is 9.83. The lowest BCUT2D eigenvalue weighted by molar-refractivity contribution is 0.149. The van der Waals surface area contributed by atoms with Crippen LogP contribution in [0.25, 0.3) is 5.69 Å². The van der Waals surface area contributed by atoms with Crippen LogP contribution >= 0.6 is 12.2 Å². The Kier molecular flexibility index (Phi) is 5.75. The van der Waals surface area contributed by atoms with Gasteiger partial charge in [0.15, 0.2) is 0 Å². The lowest BCUT2D eigenvalue weighted by atomic mass is 10.1. The molecular weight excluding hydrogens is 322 g/mol. The predicted molar refractivity (Wildman–Crippen MR) is 93.1 cm³/mol. The van der Waals surface area contributed by atoms with Crippen molar-refractivity contribution < 1.29 is 4.74 Å². The van der Waals surface area contributed by atoms with Gasteiger partial charge in [-0.2, -0.15) is 10.4 Å². The molecule has 0 saturated carbocycles. The molecule has 0 radical (unpaired) electrons. The molecule has 0 amide bonds. The van der Waals surface area contributed by atoms with Crippen LogP contribution in [0.3, 0.4) is 0 Å². The monoisotopic (exact) mass is 343 g/mol. The zero-order chi connectivity index (χ0) is 16.8. The first-order valence-electron chi connectivity index (χ1n) is 8.15. The lowest BCUT2D eigenvalue weighted by Crippen LogP contribution is -2.33. The number of hydrogen-bond donors (Lipinski definition) is 0. The zero-order valence-corrected chi connectivity index (χ0v) is 14.4. The Morgan fingerprint density at radius 2 is 2.21 bits per heavy atom. The Morgan fingerprint density at radius 1 is 1.38 bits per heavy atom. The van der Waals surface area contributed by atoms with Crippen molar-refractivity contribution in [3.8, 4) is 11.8 Å². The van der Waals surface area contributed by atoms with Gasteiger partial charge in [-0.25, -0.2) is 4.68 Å². The maximum atomic E-state index is 8.90. The van der Waals surface area contributed by atoms with Crippen molar-refractivity contribution in [2.45, 2.75) is 19.5 Å². The standard InChI is InChI=1S/C17H21N5OS/c18-8-4-9-20(11-15-7-10-23-12-15)14-22-17(24)21(13-19-22)16-5-2-1-3-6-16/h1-3,5-6,13,15H,4,7,9-12,14H2. The molecule has 24 heavy (non-hydrogen) atoms. The Hall–Kier alpha value is -2.01. The van der Waals surface area contributed by atoms with Gasteiger partial charge in [-0.1, -0.05) is 18.2 Å². The second-order valence-corrected chi connectivity index (χ2v) is 6.34. The summed E-state index contributed by atoms with van der Waals surface area (Å²) in [5, 5.41) is 13.3. The molecule has 3 rings (SSSR count). The summed E-state index contributed by atoms with van der Waals surface area (Å²) in [4.78, 5) is 2.24. The summed E-state index contributed by atoms with van der Waals surface area (Å²) in [7, 11) is 0. The summed E-state index contributed by atoms with van der Waals surface area (Å²) in [5.41, 5.74) is 1.00. The fourth-order valence-corrected chi connectivity index (χ4v) is 3.17. The van der Waals surface area contributed by atoms with Crippen molar-refractivity contribution in [2.24, 2.45) is 5.92 Å². The molecule has 0 aliphatic carbocycles. The zero-order valence-electron chi connectivity index (χ0n) is 13.5. The van der Waals surface area contributed by atoms with Crippen molar-refractivity contribution in [2.75, 3.05) is 26.3 Å². The number of nitrogens with zero attached hydrogens (tertiary/aromatic N) is 5. The topological polar surface area (TPSA) is 59.0 Å². The summed E-state index contributed by atoms with van der Waals surface area (Å²) >= 11 is 5.57. The van der Waals surface area contributed by atoms with Gasteiger partial charge < -0.3 is 4.74 Å². The third-order valence-electron chi connectivity index (χ3n) is 4.18. The number of benzene rings is 1. The van der Waals surface area contributed by atoms with Crippen molar-refractivity contribution in [1.29, 1.82) is 5.26 Å². The highest BCUT2D eigenvalue weighted by atomic mass is 32.1. The van der Waals surface area contributed by atoms with E-state index in [0.29, 0.717) is 30.3 Å². The first-order chi connectivity index (χ1) is 11.8. The maximum absolute atomic E-state index is 8.90. The average molecular weight is 343 g/mol. The van der Waals surface area contributed by atoms with Gasteiger partial charge >= 0.3 is 0 Å². The number of aromatic nitrogens is 3. The molecule has 126 valence electrons. The molecule has 0 N–H and O–H groups in total. The lowest BCUT2D eigenvalue weighted by Gasteiger charge is -2.23. The molecule has 1 fully saturated rings. The molecule has 1 atom stereocenters. The van der Waals surface area contributed by atoms with E-state index in [1.807, 2.05) is 39.6 Å². The van der Waals surface area contributed by atoms with Crippen molar-refractivity contribution in [3.05, 3.63) is 41.4 Å². The van der Waals surface area contributed by atoms with Crippen LogP contribution in [0, 0.1) is 22.0 Å². The van der Waals surface area contributed by atoms with Gasteiger partial charge in [0.1, 0.15) is 6.33 Å². The molecule has 1 aliphatic heterocycles. The number of rotatable bonds is 7. The molecule has 2 heterocycles. The van der Waals surface area contributed by atoms with Gasteiger partial charge in [0.05, 0.1) is 19.3 Å². The van der Waals surface area contributed by atoms with Crippen molar-refractivity contribution >= 4 is 12.2 Å². The average Bonchev–Trinajstić information content (AvgIpc) is 3.24. The quantitative estimate of drug-likeness (QED) is 0.723. The summed E-state index contributed by atoms with van der Waals surface area (Å²) in [6.07, 6.45) is 3.33. The molecule has 1 aromatic carbocycles. The molecule has 2 aromatic rings. The van der Waals surface area contributed by atoms with Gasteiger partial charge in [-0.3, -0.25) is 9.47 Å². The van der Waals surface area contributed by atoms with Crippen LogP contribution < -0.4 is 0 Å². The molecule has 1 aliphatic rings. The van der Waals surface area contributed by atoms with Crippen LogP contribution in [0.4, 0.5) is 0 Å². The van der Waals surface area contributed by atoms with Crippen molar-refractivity contribution in [3.63, 3.8) is 0 Å². The Morgan fingerprint density at radius 3 is 2.92 bits per heavy atom. The minimum atomic E-state index is 0.500. The minimum Gasteiger partial charge on any atom is -0.381 e. The van der Waals surface area contributed by atoms with Crippen molar-refractivity contribution in [1.82, 2.24) is 19.2 Å². The van der Waals surface area contributed by atoms with Crippen LogP contribution in [0.1, 0.15) is 12.8 Å². The Bertz CT molecular complexity index is 742. The molecule has 7 heteroatoms. The van der Waals surface area contributed by atoms with E-state index in [4.69, 9.17) is 22.2 Å². The van der Waals surface area contributed by atoms with E-state index < -0.39 is 0 Å². The number of nitriles is 1. The SMILES string of the molecule is N#CCCN(CC1CCOC1)Cn1ncn(-c2ccccc2)c1=S. The number of hydrogen-bond acceptors (Lipinski definition) is 5. The first kappa shape index (κ1) is 16.8. The second kappa shape index (κ2) is 8.20. The molecule has 1 saturated heterocycles. The molecular formula is C17H21N5OS. The van der Waals surface area contributed by atoms with Crippen LogP contribution in [0.5, 0.6) is 0 Å². The summed E-state index contributed by atoms with van der Waals surface area (Å²) in [6, 6.07) is 12.2. The van der Waals surface area contributed by atoms with Crippen LogP contribution in [0.15, 0.2) is 36.7 Å². The second-order valence-electron chi connectivity index (χ2n) is 5.97. The molecule has 1 aromatic heterocycles. The van der Waals surface area contributed by atoms with E-state index in [0.717, 1.165) is 31.9 Å². The predicted octanol–water partition coefficient (Wildman–Crippen LogP) is 2.61. The smallest absolute Gasteiger partial charge is 0.203 e. The highest BCUT2D eigenvalue weighted by Gasteiger charge is 2.20. The Balaban J connectivity index is 1.73. The fourth-order valence-electron chi connectivity index (χ4n) is 2.91. The van der Waals surface area contributed by atoms with Crippen LogP contribution in [-0.4, -0.2) is 45.6 Å². The summed E-state index contributed by atoms with van der Waals surface area (Å²) in [5.74, 6) is 0.522. The molecule has 0 spiro atoms. The third-order valence-corrected chi connectivity index (χ3v) is 4.59. The minimum absolute atomic E-state index is 0.500. The van der Waals surface area contributed by atoms with E-state index in [1.165, 1.54) is 0 Å². The first-order valence-corrected chi connectivity index (χ1v) is 8.55. The van der Waals surface area contributed by atoms with E-state index in [2.05, 4.69) is 16.1 Å². The van der Waals surface area contributed by atoms with Gasteiger partial charge in [-0.05, 0) is 36.7 Å². The highest BCUT2D eigenvalue weighted by molar-refractivity contribution is 7.71. The molecule has 6 nitrogen and oxygen atoms in total. The van der Waals surface area contributed by atoms with Crippen LogP contribution in [0.2, 0.25) is 0 Å². The normalized spacial score (nSPS) is 17.2. The van der Waals surface area contributed by atoms with E-state index in [9.17, 15) is 0 Å². The van der Waals surface area contributed by atoms with Gasteiger partial charge in [0.25, 0.3) is 0 Å². The van der Waals surface area contributed by atoms with E-state index in [1.54, 1.807) is 6.33 Å². The van der Waals surface area contributed by atoms with Crippen LogP contribution in [-0.2, 0) is 11.4 Å². The Labute approximate surface area is 146 Å². The molecule has 1 unspecified atom stereocenters. The van der Waals surface area contributed by atoms with Gasteiger partial charge in [-0.15, -0.1) is 0 Å². The number of para-hydroxylation sites is 1. The number of ether oxygens (including phenoxy) is 1. The summed E-state index contributed by atoms with van der Waals surface area (Å²) in [6.45, 7) is 3.84. The van der Waals surface area contributed by atoms with E-state index >= 15 is 0 Å².